The van der Waals surface area contributed by atoms with Crippen LogP contribution >= 0.6 is 23.4 Å². The van der Waals surface area contributed by atoms with E-state index in [0.29, 0.717) is 27.6 Å². The molecule has 144 valence electrons. The molecule has 0 bridgehead atoms. The number of thioether (sulfide) groups is 1. The first-order valence-electron chi connectivity index (χ1n) is 8.70. The van der Waals surface area contributed by atoms with Gasteiger partial charge in [0.2, 0.25) is 5.91 Å². The number of hydrogen-bond donors (Lipinski definition) is 1. The number of nitrogens with zero attached hydrogens (tertiary/aromatic N) is 2. The number of aromatic nitrogens is 2. The van der Waals surface area contributed by atoms with E-state index in [1.807, 2.05) is 32.0 Å². The zero-order valence-electron chi connectivity index (χ0n) is 15.7. The minimum Gasteiger partial charge on any atom is -0.325 e. The molecular formula is C21H20ClN3O2S. The van der Waals surface area contributed by atoms with E-state index in [2.05, 4.69) is 16.9 Å². The standard InChI is InChI=1S/C21H20ClN3O2S/c1-4-9-25-20(27)16-11-15(22)6-8-18(16)24-21(25)28-12-19(26)23-17-7-5-13(2)10-14(17)3/h4-8,10-11H,1,9,12H2,2-3H3,(H,23,26). The van der Waals surface area contributed by atoms with Gasteiger partial charge in [0.1, 0.15) is 0 Å². The van der Waals surface area contributed by atoms with Crippen molar-refractivity contribution in [3.05, 3.63) is 75.6 Å². The van der Waals surface area contributed by atoms with Crippen LogP contribution in [0.1, 0.15) is 11.1 Å². The fraction of sp³-hybridized carbons (Fsp3) is 0.190. The predicted octanol–water partition coefficient (Wildman–Crippen LogP) is 4.58. The number of carbonyl (C=O) groups is 1. The first kappa shape index (κ1) is 20.2. The van der Waals surface area contributed by atoms with Crippen LogP contribution in [0.3, 0.4) is 0 Å². The van der Waals surface area contributed by atoms with Crippen LogP contribution in [0.15, 0.2) is 59.0 Å². The van der Waals surface area contributed by atoms with E-state index in [1.165, 1.54) is 16.3 Å². The third-order valence-electron chi connectivity index (χ3n) is 4.18. The van der Waals surface area contributed by atoms with Gasteiger partial charge in [0.05, 0.1) is 16.7 Å². The third kappa shape index (κ3) is 4.46. The number of carbonyl (C=O) groups excluding carboxylic acids is 1. The summed E-state index contributed by atoms with van der Waals surface area (Å²) < 4.78 is 1.50. The predicted molar refractivity (Wildman–Crippen MR) is 116 cm³/mol. The number of rotatable bonds is 6. The lowest BCUT2D eigenvalue weighted by molar-refractivity contribution is -0.113. The summed E-state index contributed by atoms with van der Waals surface area (Å²) in [6, 6.07) is 10.9. The second kappa shape index (κ2) is 8.63. The Hall–Kier alpha value is -2.57. The van der Waals surface area contributed by atoms with Gasteiger partial charge >= 0.3 is 0 Å². The van der Waals surface area contributed by atoms with Crippen molar-refractivity contribution in [2.45, 2.75) is 25.5 Å². The normalized spacial score (nSPS) is 10.8. The molecule has 1 amide bonds. The smallest absolute Gasteiger partial charge is 0.262 e. The number of aryl methyl sites for hydroxylation is 2. The number of allylic oxidation sites excluding steroid dienone is 1. The number of hydrogen-bond acceptors (Lipinski definition) is 4. The molecule has 1 N–H and O–H groups in total. The highest BCUT2D eigenvalue weighted by atomic mass is 35.5. The summed E-state index contributed by atoms with van der Waals surface area (Å²) in [5, 5.41) is 4.29. The molecule has 0 aliphatic heterocycles. The summed E-state index contributed by atoms with van der Waals surface area (Å²) in [6.07, 6.45) is 1.62. The van der Waals surface area contributed by atoms with Crippen molar-refractivity contribution in [3.63, 3.8) is 0 Å². The van der Waals surface area contributed by atoms with Crippen LogP contribution in [-0.2, 0) is 11.3 Å². The Balaban J connectivity index is 1.84. The first-order chi connectivity index (χ1) is 13.4. The highest BCUT2D eigenvalue weighted by Crippen LogP contribution is 2.21. The highest BCUT2D eigenvalue weighted by molar-refractivity contribution is 7.99. The quantitative estimate of drug-likeness (QED) is 0.365. The molecule has 0 aliphatic rings. The maximum absolute atomic E-state index is 12.8. The summed E-state index contributed by atoms with van der Waals surface area (Å²) in [6.45, 7) is 7.96. The van der Waals surface area contributed by atoms with Crippen molar-refractivity contribution in [1.82, 2.24) is 9.55 Å². The molecule has 0 aliphatic carbocycles. The molecule has 0 fully saturated rings. The minimum atomic E-state index is -0.204. The maximum Gasteiger partial charge on any atom is 0.262 e. The van der Waals surface area contributed by atoms with Gasteiger partial charge in [-0.2, -0.15) is 0 Å². The average Bonchev–Trinajstić information content (AvgIpc) is 2.65. The lowest BCUT2D eigenvalue weighted by atomic mass is 10.1. The molecule has 28 heavy (non-hydrogen) atoms. The van der Waals surface area contributed by atoms with Crippen LogP contribution < -0.4 is 10.9 Å². The third-order valence-corrected chi connectivity index (χ3v) is 5.39. The second-order valence-corrected chi connectivity index (χ2v) is 7.79. The Morgan fingerprint density at radius 1 is 1.29 bits per heavy atom. The van der Waals surface area contributed by atoms with E-state index < -0.39 is 0 Å². The van der Waals surface area contributed by atoms with Gasteiger partial charge in [0.15, 0.2) is 5.16 Å². The van der Waals surface area contributed by atoms with Crippen molar-refractivity contribution < 1.29 is 4.79 Å². The summed E-state index contributed by atoms with van der Waals surface area (Å²) in [5.41, 5.74) is 3.26. The number of fused-ring (bicyclic) bond motifs is 1. The number of anilines is 1. The van der Waals surface area contributed by atoms with E-state index in [1.54, 1.807) is 24.3 Å². The number of benzene rings is 2. The lowest BCUT2D eigenvalue weighted by Crippen LogP contribution is -2.24. The molecule has 0 saturated carbocycles. The molecule has 2 aromatic carbocycles. The van der Waals surface area contributed by atoms with Crippen LogP contribution in [0, 0.1) is 13.8 Å². The molecule has 1 aromatic heterocycles. The second-order valence-electron chi connectivity index (χ2n) is 6.42. The number of halogens is 1. The Morgan fingerprint density at radius 2 is 2.07 bits per heavy atom. The summed E-state index contributed by atoms with van der Waals surface area (Å²) in [7, 11) is 0. The molecule has 0 spiro atoms. The van der Waals surface area contributed by atoms with Crippen molar-refractivity contribution in [3.8, 4) is 0 Å². The fourth-order valence-corrected chi connectivity index (χ4v) is 3.82. The average molecular weight is 414 g/mol. The maximum atomic E-state index is 12.8. The van der Waals surface area contributed by atoms with Crippen molar-refractivity contribution in [2.24, 2.45) is 0 Å². The van der Waals surface area contributed by atoms with Crippen LogP contribution in [-0.4, -0.2) is 21.2 Å². The molecule has 1 heterocycles. The molecule has 7 heteroatoms. The molecule has 0 radical (unpaired) electrons. The zero-order valence-corrected chi connectivity index (χ0v) is 17.2. The molecule has 5 nitrogen and oxygen atoms in total. The van der Waals surface area contributed by atoms with Crippen LogP contribution in [0.2, 0.25) is 5.02 Å². The van der Waals surface area contributed by atoms with Gasteiger partial charge in [-0.15, -0.1) is 6.58 Å². The minimum absolute atomic E-state index is 0.135. The zero-order chi connectivity index (χ0) is 20.3. The van der Waals surface area contributed by atoms with Gasteiger partial charge in [-0.05, 0) is 43.7 Å². The molecule has 0 atom stereocenters. The number of amides is 1. The van der Waals surface area contributed by atoms with E-state index in [0.717, 1.165) is 16.8 Å². The Kier molecular flexibility index (Phi) is 6.21. The molecule has 3 rings (SSSR count). The van der Waals surface area contributed by atoms with Gasteiger partial charge in [-0.1, -0.05) is 47.1 Å². The van der Waals surface area contributed by atoms with E-state index in [9.17, 15) is 9.59 Å². The van der Waals surface area contributed by atoms with Gasteiger partial charge in [-0.25, -0.2) is 4.98 Å². The van der Waals surface area contributed by atoms with Crippen LogP contribution in [0.5, 0.6) is 0 Å². The highest BCUT2D eigenvalue weighted by Gasteiger charge is 2.13. The topological polar surface area (TPSA) is 64.0 Å². The van der Waals surface area contributed by atoms with E-state index in [4.69, 9.17) is 11.6 Å². The van der Waals surface area contributed by atoms with Crippen LogP contribution in [0.25, 0.3) is 10.9 Å². The Bertz CT molecular complexity index is 1120. The SMILES string of the molecule is C=CCn1c(SCC(=O)Nc2ccc(C)cc2C)nc2ccc(Cl)cc2c1=O. The Morgan fingerprint density at radius 3 is 2.79 bits per heavy atom. The van der Waals surface area contributed by atoms with Gasteiger partial charge < -0.3 is 5.32 Å². The summed E-state index contributed by atoms with van der Waals surface area (Å²) in [4.78, 5) is 29.8. The summed E-state index contributed by atoms with van der Waals surface area (Å²) >= 11 is 7.22. The van der Waals surface area contributed by atoms with E-state index in [-0.39, 0.29) is 17.2 Å². The van der Waals surface area contributed by atoms with Gasteiger partial charge in [-0.3, -0.25) is 14.2 Å². The molecule has 3 aromatic rings. The van der Waals surface area contributed by atoms with Crippen molar-refractivity contribution in [1.29, 1.82) is 0 Å². The van der Waals surface area contributed by atoms with E-state index >= 15 is 0 Å². The van der Waals surface area contributed by atoms with Crippen LogP contribution in [0.4, 0.5) is 5.69 Å². The van der Waals surface area contributed by atoms with Crippen molar-refractivity contribution >= 4 is 45.9 Å². The fourth-order valence-electron chi connectivity index (χ4n) is 2.84. The first-order valence-corrected chi connectivity index (χ1v) is 10.1. The van der Waals surface area contributed by atoms with Gasteiger partial charge in [0.25, 0.3) is 5.56 Å². The van der Waals surface area contributed by atoms with Gasteiger partial charge in [0, 0.05) is 17.3 Å². The monoisotopic (exact) mass is 413 g/mol. The summed E-state index contributed by atoms with van der Waals surface area (Å²) in [5.74, 6) is -0.0248. The van der Waals surface area contributed by atoms with Crippen molar-refractivity contribution in [2.75, 3.05) is 11.1 Å². The molecule has 0 saturated heterocycles. The number of nitrogens with one attached hydrogen (secondary N) is 1. The Labute approximate surface area is 172 Å². The molecule has 0 unspecified atom stereocenters. The molecular weight excluding hydrogens is 394 g/mol. The largest absolute Gasteiger partial charge is 0.325 e. The lowest BCUT2D eigenvalue weighted by Gasteiger charge is -2.12.